The molecule has 0 spiro atoms. The first kappa shape index (κ1) is 12.3. The van der Waals surface area contributed by atoms with Crippen molar-refractivity contribution in [2.24, 2.45) is 5.92 Å². The largest absolute Gasteiger partial charge is 0.320 e. The van der Waals surface area contributed by atoms with Crippen LogP contribution in [0.1, 0.15) is 32.5 Å². The molecule has 1 aromatic carbocycles. The highest BCUT2D eigenvalue weighted by atomic mass is 35.5. The highest BCUT2D eigenvalue weighted by molar-refractivity contribution is 6.35. The molecule has 0 radical (unpaired) electrons. The molecule has 0 unspecified atom stereocenters. The van der Waals surface area contributed by atoms with Crippen LogP contribution in [0, 0.1) is 5.92 Å². The maximum atomic E-state index is 6.36. The Morgan fingerprint density at radius 3 is 2.72 bits per heavy atom. The van der Waals surface area contributed by atoms with Gasteiger partial charge in [-0.05, 0) is 44.7 Å². The van der Waals surface area contributed by atoms with Crippen LogP contribution in [0.25, 0.3) is 11.0 Å². The summed E-state index contributed by atoms with van der Waals surface area (Å²) in [5.41, 5.74) is 1.99. The Kier molecular flexibility index (Phi) is 2.83. The summed E-state index contributed by atoms with van der Waals surface area (Å²) in [5, 5.41) is 0.755. The molecule has 0 aliphatic heterocycles. The molecule has 0 bridgehead atoms. The van der Waals surface area contributed by atoms with Crippen molar-refractivity contribution in [2.75, 3.05) is 0 Å². The van der Waals surface area contributed by atoms with E-state index in [1.165, 1.54) is 12.8 Å². The van der Waals surface area contributed by atoms with Crippen LogP contribution in [-0.2, 0) is 11.4 Å². The van der Waals surface area contributed by atoms with Crippen LogP contribution in [-0.4, -0.2) is 9.55 Å². The lowest BCUT2D eigenvalue weighted by molar-refractivity contribution is 0.306. The zero-order valence-corrected chi connectivity index (χ0v) is 12.1. The van der Waals surface area contributed by atoms with E-state index in [9.17, 15) is 0 Å². The fourth-order valence-corrected chi connectivity index (χ4v) is 3.25. The summed E-state index contributed by atoms with van der Waals surface area (Å²) in [6.45, 7) is 4.51. The first-order valence-corrected chi connectivity index (χ1v) is 7.19. The number of hydrogen-bond acceptors (Lipinski definition) is 1. The number of benzene rings is 1. The number of nitrogens with zero attached hydrogens (tertiary/aromatic N) is 2. The van der Waals surface area contributed by atoms with Gasteiger partial charge in [0.05, 0.1) is 21.9 Å². The molecule has 1 fully saturated rings. The summed E-state index contributed by atoms with van der Waals surface area (Å²) in [6.07, 6.45) is 2.55. The lowest BCUT2D eigenvalue weighted by Crippen LogP contribution is -2.30. The lowest BCUT2D eigenvalue weighted by atomic mass is 9.97. The number of rotatable bonds is 3. The topological polar surface area (TPSA) is 17.8 Å². The molecule has 4 heteroatoms. The zero-order chi connectivity index (χ0) is 12.9. The Labute approximate surface area is 117 Å². The van der Waals surface area contributed by atoms with Gasteiger partial charge in [-0.3, -0.25) is 0 Å². The second-order valence-corrected chi connectivity index (χ2v) is 6.21. The van der Waals surface area contributed by atoms with Gasteiger partial charge in [0.2, 0.25) is 0 Å². The van der Waals surface area contributed by atoms with E-state index >= 15 is 0 Å². The Balaban J connectivity index is 2.31. The van der Waals surface area contributed by atoms with E-state index in [0.717, 1.165) is 21.9 Å². The minimum atomic E-state index is 0.0317. The predicted octanol–water partition coefficient (Wildman–Crippen LogP) is 4.57. The van der Waals surface area contributed by atoms with Crippen molar-refractivity contribution in [3.63, 3.8) is 0 Å². The molecule has 2 nitrogen and oxygen atoms in total. The number of alkyl halides is 1. The van der Waals surface area contributed by atoms with E-state index in [1.807, 2.05) is 18.2 Å². The van der Waals surface area contributed by atoms with Gasteiger partial charge in [0.15, 0.2) is 0 Å². The molecule has 1 heterocycles. The molecule has 96 valence electrons. The summed E-state index contributed by atoms with van der Waals surface area (Å²) >= 11 is 12.4. The maximum absolute atomic E-state index is 6.36. The van der Waals surface area contributed by atoms with Gasteiger partial charge in [0.1, 0.15) is 5.82 Å². The molecule has 0 amide bonds. The van der Waals surface area contributed by atoms with Crippen molar-refractivity contribution in [3.05, 3.63) is 29.0 Å². The van der Waals surface area contributed by atoms with E-state index in [1.54, 1.807) is 0 Å². The van der Waals surface area contributed by atoms with E-state index in [-0.39, 0.29) is 5.54 Å². The molecule has 1 saturated carbocycles. The molecule has 18 heavy (non-hydrogen) atoms. The fraction of sp³-hybridized carbons (Fsp3) is 0.500. The van der Waals surface area contributed by atoms with Crippen molar-refractivity contribution in [1.29, 1.82) is 0 Å². The molecule has 1 aliphatic rings. The average Bonchev–Trinajstić information content (AvgIpc) is 3.10. The van der Waals surface area contributed by atoms with Crippen molar-refractivity contribution in [1.82, 2.24) is 9.55 Å². The highest BCUT2D eigenvalue weighted by Gasteiger charge is 2.41. The SMILES string of the molecule is CC(C)(C1CC1)n1c(CCl)nc2cccc(Cl)c21. The second kappa shape index (κ2) is 4.14. The molecule has 2 aromatic rings. The van der Waals surface area contributed by atoms with Crippen LogP contribution in [0.3, 0.4) is 0 Å². The molecule has 1 aliphatic carbocycles. The summed E-state index contributed by atoms with van der Waals surface area (Å²) < 4.78 is 2.25. The normalized spacial score (nSPS) is 16.4. The van der Waals surface area contributed by atoms with Crippen molar-refractivity contribution < 1.29 is 0 Å². The van der Waals surface area contributed by atoms with E-state index in [0.29, 0.717) is 11.8 Å². The Morgan fingerprint density at radius 2 is 2.11 bits per heavy atom. The molecule has 0 N–H and O–H groups in total. The molecule has 0 atom stereocenters. The fourth-order valence-electron chi connectivity index (χ4n) is 2.82. The number of para-hydroxylation sites is 1. The number of hydrogen-bond donors (Lipinski definition) is 0. The number of halogens is 2. The quantitative estimate of drug-likeness (QED) is 0.754. The van der Waals surface area contributed by atoms with E-state index in [2.05, 4.69) is 23.4 Å². The monoisotopic (exact) mass is 282 g/mol. The van der Waals surface area contributed by atoms with E-state index in [4.69, 9.17) is 23.2 Å². The second-order valence-electron chi connectivity index (χ2n) is 5.53. The van der Waals surface area contributed by atoms with Gasteiger partial charge in [-0.1, -0.05) is 17.7 Å². The van der Waals surface area contributed by atoms with Gasteiger partial charge in [0.25, 0.3) is 0 Å². The molecule has 1 aromatic heterocycles. The van der Waals surface area contributed by atoms with Crippen LogP contribution in [0.4, 0.5) is 0 Å². The van der Waals surface area contributed by atoms with Gasteiger partial charge in [-0.15, -0.1) is 11.6 Å². The maximum Gasteiger partial charge on any atom is 0.125 e. The Hall–Kier alpha value is -0.730. The third kappa shape index (κ3) is 1.74. The minimum absolute atomic E-state index is 0.0317. The van der Waals surface area contributed by atoms with Crippen LogP contribution in [0.5, 0.6) is 0 Å². The highest BCUT2D eigenvalue weighted by Crippen LogP contribution is 2.46. The predicted molar refractivity (Wildman–Crippen MR) is 76.3 cm³/mol. The number of imidazole rings is 1. The summed E-state index contributed by atoms with van der Waals surface area (Å²) in [4.78, 5) is 4.62. The number of fused-ring (bicyclic) bond motifs is 1. The van der Waals surface area contributed by atoms with Crippen LogP contribution >= 0.6 is 23.2 Å². The number of aromatic nitrogens is 2. The third-order valence-corrected chi connectivity index (χ3v) is 4.51. The molecular weight excluding hydrogens is 267 g/mol. The first-order chi connectivity index (χ1) is 8.55. The van der Waals surface area contributed by atoms with Crippen LogP contribution in [0.2, 0.25) is 5.02 Å². The zero-order valence-electron chi connectivity index (χ0n) is 10.6. The van der Waals surface area contributed by atoms with Crippen molar-refractivity contribution in [2.45, 2.75) is 38.1 Å². The molecule has 3 rings (SSSR count). The molecular formula is C14H16Cl2N2. The van der Waals surface area contributed by atoms with Crippen molar-refractivity contribution in [3.8, 4) is 0 Å². The van der Waals surface area contributed by atoms with Crippen LogP contribution < -0.4 is 0 Å². The lowest BCUT2D eigenvalue weighted by Gasteiger charge is -2.29. The van der Waals surface area contributed by atoms with Crippen LogP contribution in [0.15, 0.2) is 18.2 Å². The van der Waals surface area contributed by atoms with Gasteiger partial charge >= 0.3 is 0 Å². The third-order valence-electron chi connectivity index (χ3n) is 3.97. The Bertz CT molecular complexity index is 597. The summed E-state index contributed by atoms with van der Waals surface area (Å²) in [7, 11) is 0. The van der Waals surface area contributed by atoms with Gasteiger partial charge in [-0.2, -0.15) is 0 Å². The summed E-state index contributed by atoms with van der Waals surface area (Å²) in [5.74, 6) is 2.03. The standard InChI is InChI=1S/C14H16Cl2N2/c1-14(2,9-6-7-9)18-12(8-15)17-11-5-3-4-10(16)13(11)18/h3-5,9H,6-8H2,1-2H3. The smallest absolute Gasteiger partial charge is 0.125 e. The molecule has 0 saturated heterocycles. The Morgan fingerprint density at radius 1 is 1.39 bits per heavy atom. The summed E-state index contributed by atoms with van der Waals surface area (Å²) in [6, 6.07) is 5.85. The van der Waals surface area contributed by atoms with Gasteiger partial charge in [0, 0.05) is 5.54 Å². The van der Waals surface area contributed by atoms with E-state index < -0.39 is 0 Å². The van der Waals surface area contributed by atoms with Gasteiger partial charge < -0.3 is 4.57 Å². The first-order valence-electron chi connectivity index (χ1n) is 6.28. The van der Waals surface area contributed by atoms with Gasteiger partial charge in [-0.25, -0.2) is 4.98 Å². The minimum Gasteiger partial charge on any atom is -0.320 e. The average molecular weight is 283 g/mol. The van der Waals surface area contributed by atoms with Crippen molar-refractivity contribution >= 4 is 34.2 Å².